The van der Waals surface area contributed by atoms with Crippen LogP contribution in [-0.2, 0) is 11.2 Å². The molecule has 4 heteroatoms. The van der Waals surface area contributed by atoms with Gasteiger partial charge in [-0.2, -0.15) is 0 Å². The Morgan fingerprint density at radius 3 is 2.47 bits per heavy atom. The van der Waals surface area contributed by atoms with E-state index in [0.717, 1.165) is 24.4 Å². The van der Waals surface area contributed by atoms with Crippen molar-refractivity contribution in [3.63, 3.8) is 0 Å². The molecule has 0 unspecified atom stereocenters. The lowest BCUT2D eigenvalue weighted by Gasteiger charge is -2.19. The van der Waals surface area contributed by atoms with E-state index in [4.69, 9.17) is 16.7 Å². The summed E-state index contributed by atoms with van der Waals surface area (Å²) in [5, 5.41) is 12.6. The molecule has 2 aromatic carbocycles. The van der Waals surface area contributed by atoms with Crippen LogP contribution < -0.4 is 5.32 Å². The minimum absolute atomic E-state index is 0.200. The molecule has 0 spiro atoms. The quantitative estimate of drug-likeness (QED) is 0.329. The summed E-state index contributed by atoms with van der Waals surface area (Å²) in [6.07, 6.45) is 8.41. The normalized spacial score (nSPS) is 12.1. The highest BCUT2D eigenvalue weighted by molar-refractivity contribution is 6.30. The molecule has 0 heterocycles. The van der Waals surface area contributed by atoms with Crippen LogP contribution in [0.15, 0.2) is 42.5 Å². The Bertz CT molecular complexity index is 790. The van der Waals surface area contributed by atoms with Crippen LogP contribution in [-0.4, -0.2) is 24.2 Å². The van der Waals surface area contributed by atoms with Gasteiger partial charge in [-0.05, 0) is 80.0 Å². The maximum absolute atomic E-state index is 10.5. The molecule has 0 saturated carbocycles. The van der Waals surface area contributed by atoms with E-state index >= 15 is 0 Å². The predicted octanol–water partition coefficient (Wildman–Crippen LogP) is 6.69. The summed E-state index contributed by atoms with van der Waals surface area (Å²) in [5.41, 5.74) is 5.43. The summed E-state index contributed by atoms with van der Waals surface area (Å²) in [4.78, 5) is 10.5. The molecule has 1 atom stereocenters. The number of unbranched alkanes of at least 4 members (excludes halogenated alkanes) is 4. The zero-order valence-electron chi connectivity index (χ0n) is 18.4. The third-order valence-electron chi connectivity index (χ3n) is 5.80. The Balaban J connectivity index is 1.78. The van der Waals surface area contributed by atoms with Gasteiger partial charge in [-0.25, -0.2) is 0 Å². The van der Waals surface area contributed by atoms with Gasteiger partial charge in [-0.15, -0.1) is 0 Å². The maximum Gasteiger partial charge on any atom is 0.304 e. The van der Waals surface area contributed by atoms with E-state index in [1.165, 1.54) is 54.4 Å². The minimum Gasteiger partial charge on any atom is -0.481 e. The minimum atomic E-state index is -0.738. The summed E-state index contributed by atoms with van der Waals surface area (Å²) in [6, 6.07) is 15.1. The zero-order valence-corrected chi connectivity index (χ0v) is 19.2. The SMILES string of the molecule is Cc1ccc(C[C@H](CCCCCCCNCCC(=O)O)c2cccc(Cl)c2)cc1C. The van der Waals surface area contributed by atoms with Gasteiger partial charge in [0.2, 0.25) is 0 Å². The molecular formula is C26H36ClNO2. The Hall–Kier alpha value is -1.84. The van der Waals surface area contributed by atoms with Gasteiger partial charge < -0.3 is 10.4 Å². The fourth-order valence-electron chi connectivity index (χ4n) is 3.85. The summed E-state index contributed by atoms with van der Waals surface area (Å²) in [6.45, 7) is 5.82. The highest BCUT2D eigenvalue weighted by Crippen LogP contribution is 2.29. The molecule has 0 aliphatic carbocycles. The Morgan fingerprint density at radius 2 is 1.73 bits per heavy atom. The number of carboxylic acids is 1. The topological polar surface area (TPSA) is 49.3 Å². The molecule has 30 heavy (non-hydrogen) atoms. The molecule has 0 radical (unpaired) electrons. The van der Waals surface area contributed by atoms with Crippen molar-refractivity contribution in [2.75, 3.05) is 13.1 Å². The van der Waals surface area contributed by atoms with Crippen LogP contribution in [0.2, 0.25) is 5.02 Å². The summed E-state index contributed by atoms with van der Waals surface area (Å²) < 4.78 is 0. The van der Waals surface area contributed by atoms with Crippen molar-refractivity contribution < 1.29 is 9.90 Å². The number of rotatable bonds is 14. The third kappa shape index (κ3) is 9.32. The van der Waals surface area contributed by atoms with Crippen molar-refractivity contribution in [2.45, 2.75) is 71.1 Å². The molecule has 3 nitrogen and oxygen atoms in total. The van der Waals surface area contributed by atoms with Crippen LogP contribution in [0.5, 0.6) is 0 Å². The highest BCUT2D eigenvalue weighted by atomic mass is 35.5. The Labute approximate surface area is 186 Å². The molecule has 0 aromatic heterocycles. The fraction of sp³-hybridized carbons (Fsp3) is 0.500. The second-order valence-electron chi connectivity index (χ2n) is 8.32. The molecule has 2 rings (SSSR count). The first-order valence-electron chi connectivity index (χ1n) is 11.2. The standard InChI is InChI=1S/C26H36ClNO2/c1-20-12-13-22(17-21(20)2)18-23(24-10-8-11-25(27)19-24)9-6-4-3-5-7-15-28-16-14-26(29)30/h8,10-13,17,19,23,28H,3-7,9,14-16,18H2,1-2H3,(H,29,30)/t23-/m0/s1. The largest absolute Gasteiger partial charge is 0.481 e. The lowest BCUT2D eigenvalue weighted by atomic mass is 9.87. The average molecular weight is 430 g/mol. The van der Waals surface area contributed by atoms with Crippen molar-refractivity contribution in [2.24, 2.45) is 0 Å². The van der Waals surface area contributed by atoms with Crippen LogP contribution in [0.1, 0.15) is 73.1 Å². The first kappa shape index (κ1) is 24.4. The van der Waals surface area contributed by atoms with Crippen molar-refractivity contribution in [1.29, 1.82) is 0 Å². The number of halogens is 1. The van der Waals surface area contributed by atoms with Gasteiger partial charge in [-0.1, -0.05) is 67.6 Å². The lowest BCUT2D eigenvalue weighted by molar-refractivity contribution is -0.136. The van der Waals surface area contributed by atoms with E-state index in [9.17, 15) is 4.79 Å². The predicted molar refractivity (Wildman–Crippen MR) is 127 cm³/mol. The van der Waals surface area contributed by atoms with Crippen LogP contribution in [0, 0.1) is 13.8 Å². The molecule has 0 amide bonds. The highest BCUT2D eigenvalue weighted by Gasteiger charge is 2.13. The molecular weight excluding hydrogens is 394 g/mol. The zero-order chi connectivity index (χ0) is 21.8. The summed E-state index contributed by atoms with van der Waals surface area (Å²) >= 11 is 6.27. The summed E-state index contributed by atoms with van der Waals surface area (Å²) in [7, 11) is 0. The number of carboxylic acid groups (broad SMARTS) is 1. The smallest absolute Gasteiger partial charge is 0.304 e. The van der Waals surface area contributed by atoms with E-state index < -0.39 is 5.97 Å². The van der Waals surface area contributed by atoms with E-state index in [2.05, 4.69) is 55.6 Å². The Kier molecular flexibility index (Phi) is 11.0. The number of benzene rings is 2. The second kappa shape index (κ2) is 13.5. The van der Waals surface area contributed by atoms with E-state index in [1.807, 2.05) is 6.07 Å². The monoisotopic (exact) mass is 429 g/mol. The number of aryl methyl sites for hydroxylation is 2. The van der Waals surface area contributed by atoms with Gasteiger partial charge in [0, 0.05) is 11.6 Å². The molecule has 0 bridgehead atoms. The van der Waals surface area contributed by atoms with E-state index in [-0.39, 0.29) is 6.42 Å². The molecule has 0 saturated heterocycles. The van der Waals surface area contributed by atoms with Crippen LogP contribution in [0.25, 0.3) is 0 Å². The second-order valence-corrected chi connectivity index (χ2v) is 8.76. The van der Waals surface area contributed by atoms with Crippen molar-refractivity contribution >= 4 is 17.6 Å². The first-order chi connectivity index (χ1) is 14.5. The van der Waals surface area contributed by atoms with Gasteiger partial charge >= 0.3 is 5.97 Å². The fourth-order valence-corrected chi connectivity index (χ4v) is 4.05. The van der Waals surface area contributed by atoms with Crippen LogP contribution in [0.4, 0.5) is 0 Å². The van der Waals surface area contributed by atoms with Gasteiger partial charge in [0.25, 0.3) is 0 Å². The van der Waals surface area contributed by atoms with Crippen LogP contribution >= 0.6 is 11.6 Å². The number of hydrogen-bond acceptors (Lipinski definition) is 2. The molecule has 164 valence electrons. The van der Waals surface area contributed by atoms with Crippen molar-refractivity contribution in [1.82, 2.24) is 5.32 Å². The van der Waals surface area contributed by atoms with Crippen molar-refractivity contribution in [3.8, 4) is 0 Å². The van der Waals surface area contributed by atoms with Crippen molar-refractivity contribution in [3.05, 3.63) is 69.7 Å². The number of carbonyl (C=O) groups is 1. The van der Waals surface area contributed by atoms with Crippen LogP contribution in [0.3, 0.4) is 0 Å². The average Bonchev–Trinajstić information content (AvgIpc) is 2.71. The number of nitrogens with one attached hydrogen (secondary N) is 1. The molecule has 2 aromatic rings. The molecule has 0 aliphatic heterocycles. The van der Waals surface area contributed by atoms with Gasteiger partial charge in [-0.3, -0.25) is 4.79 Å². The van der Waals surface area contributed by atoms with E-state index in [1.54, 1.807) is 0 Å². The molecule has 0 fully saturated rings. The van der Waals surface area contributed by atoms with Gasteiger partial charge in [0.1, 0.15) is 0 Å². The van der Waals surface area contributed by atoms with Gasteiger partial charge in [0.05, 0.1) is 6.42 Å². The van der Waals surface area contributed by atoms with E-state index in [0.29, 0.717) is 12.5 Å². The molecule has 0 aliphatic rings. The summed E-state index contributed by atoms with van der Waals surface area (Å²) in [5.74, 6) is -0.249. The van der Waals surface area contributed by atoms with Gasteiger partial charge in [0.15, 0.2) is 0 Å². The molecule has 2 N–H and O–H groups in total. The Morgan fingerprint density at radius 1 is 0.967 bits per heavy atom. The maximum atomic E-state index is 10.5. The number of hydrogen-bond donors (Lipinski definition) is 2. The lowest BCUT2D eigenvalue weighted by Crippen LogP contribution is -2.19. The third-order valence-corrected chi connectivity index (χ3v) is 6.03. The number of aliphatic carboxylic acids is 1. The first-order valence-corrected chi connectivity index (χ1v) is 11.6.